The maximum Gasteiger partial charge on any atom is 0.226 e. The van der Waals surface area contributed by atoms with Crippen molar-refractivity contribution in [3.63, 3.8) is 0 Å². The van der Waals surface area contributed by atoms with Crippen molar-refractivity contribution in [2.75, 3.05) is 19.6 Å². The first-order valence-electron chi connectivity index (χ1n) is 6.75. The fourth-order valence-corrected chi connectivity index (χ4v) is 3.09. The molecule has 0 aromatic rings. The Kier molecular flexibility index (Phi) is 3.73. The van der Waals surface area contributed by atoms with Crippen LogP contribution in [0.5, 0.6) is 0 Å². The second kappa shape index (κ2) is 4.94. The van der Waals surface area contributed by atoms with Gasteiger partial charge in [-0.3, -0.25) is 4.79 Å². The summed E-state index contributed by atoms with van der Waals surface area (Å²) in [6.45, 7) is 3.87. The zero-order chi connectivity index (χ0) is 12.5. The molecule has 1 heterocycles. The molecule has 2 unspecified atom stereocenters. The Balaban J connectivity index is 1.92. The summed E-state index contributed by atoms with van der Waals surface area (Å²) in [6.07, 6.45) is 4.60. The Morgan fingerprint density at radius 3 is 2.65 bits per heavy atom. The number of nitrogens with two attached hydrogens (primary N) is 1. The third kappa shape index (κ3) is 2.80. The predicted molar refractivity (Wildman–Crippen MR) is 66.3 cm³/mol. The maximum absolute atomic E-state index is 12.4. The molecule has 2 rings (SSSR count). The van der Waals surface area contributed by atoms with Crippen LogP contribution in [0.25, 0.3) is 0 Å². The largest absolute Gasteiger partial charge is 0.390 e. The van der Waals surface area contributed by atoms with Crippen LogP contribution in [0.15, 0.2) is 0 Å². The third-order valence-electron chi connectivity index (χ3n) is 4.43. The van der Waals surface area contributed by atoms with Crippen molar-refractivity contribution < 1.29 is 9.90 Å². The SMILES string of the molecule is CC1(O)CCN(C(=O)C2CCCC2CN)CC1. The standard InChI is InChI=1S/C13H24N2O2/c1-13(17)5-7-15(8-6-13)12(16)11-4-2-3-10(11)9-14/h10-11,17H,2-9,14H2,1H3. The summed E-state index contributed by atoms with van der Waals surface area (Å²) >= 11 is 0. The summed E-state index contributed by atoms with van der Waals surface area (Å²) < 4.78 is 0. The van der Waals surface area contributed by atoms with Crippen molar-refractivity contribution in [2.45, 2.75) is 44.6 Å². The van der Waals surface area contributed by atoms with E-state index in [9.17, 15) is 9.90 Å². The molecule has 17 heavy (non-hydrogen) atoms. The van der Waals surface area contributed by atoms with E-state index < -0.39 is 5.60 Å². The number of likely N-dealkylation sites (tertiary alicyclic amines) is 1. The summed E-state index contributed by atoms with van der Waals surface area (Å²) in [6, 6.07) is 0. The van der Waals surface area contributed by atoms with Crippen molar-refractivity contribution in [3.05, 3.63) is 0 Å². The lowest BCUT2D eigenvalue weighted by molar-refractivity contribution is -0.140. The van der Waals surface area contributed by atoms with Crippen molar-refractivity contribution in [1.82, 2.24) is 4.90 Å². The maximum atomic E-state index is 12.4. The fraction of sp³-hybridized carbons (Fsp3) is 0.923. The zero-order valence-corrected chi connectivity index (χ0v) is 10.7. The van der Waals surface area contributed by atoms with Crippen LogP contribution in [0, 0.1) is 11.8 Å². The van der Waals surface area contributed by atoms with Crippen molar-refractivity contribution in [1.29, 1.82) is 0 Å². The second-order valence-electron chi connectivity index (χ2n) is 5.86. The van der Waals surface area contributed by atoms with E-state index in [4.69, 9.17) is 5.73 Å². The lowest BCUT2D eigenvalue weighted by Crippen LogP contribution is -2.48. The Bertz CT molecular complexity index is 281. The summed E-state index contributed by atoms with van der Waals surface area (Å²) in [4.78, 5) is 14.3. The number of rotatable bonds is 2. The van der Waals surface area contributed by atoms with Gasteiger partial charge in [0.1, 0.15) is 0 Å². The van der Waals surface area contributed by atoms with Crippen LogP contribution in [0.4, 0.5) is 0 Å². The molecule has 1 aliphatic carbocycles. The van der Waals surface area contributed by atoms with E-state index in [0.717, 1.165) is 19.3 Å². The molecule has 98 valence electrons. The molecule has 0 aromatic carbocycles. The lowest BCUT2D eigenvalue weighted by atomic mass is 9.90. The number of carbonyl (C=O) groups is 1. The van der Waals surface area contributed by atoms with Crippen LogP contribution in [0.2, 0.25) is 0 Å². The lowest BCUT2D eigenvalue weighted by Gasteiger charge is -2.37. The summed E-state index contributed by atoms with van der Waals surface area (Å²) in [5, 5.41) is 9.88. The van der Waals surface area contributed by atoms with E-state index in [-0.39, 0.29) is 11.8 Å². The molecule has 4 nitrogen and oxygen atoms in total. The van der Waals surface area contributed by atoms with Crippen molar-refractivity contribution in [3.8, 4) is 0 Å². The normalized spacial score (nSPS) is 32.8. The number of amides is 1. The molecule has 1 amide bonds. The van der Waals surface area contributed by atoms with Crippen molar-refractivity contribution >= 4 is 5.91 Å². The van der Waals surface area contributed by atoms with Gasteiger partial charge in [-0.05, 0) is 45.1 Å². The van der Waals surface area contributed by atoms with Gasteiger partial charge in [-0.15, -0.1) is 0 Å². The quantitative estimate of drug-likeness (QED) is 0.748. The molecule has 2 aliphatic rings. The topological polar surface area (TPSA) is 66.6 Å². The van der Waals surface area contributed by atoms with Gasteiger partial charge >= 0.3 is 0 Å². The fourth-order valence-electron chi connectivity index (χ4n) is 3.09. The van der Waals surface area contributed by atoms with Gasteiger partial charge in [0.25, 0.3) is 0 Å². The van der Waals surface area contributed by atoms with Crippen LogP contribution < -0.4 is 5.73 Å². The number of piperidine rings is 1. The Morgan fingerprint density at radius 2 is 2.06 bits per heavy atom. The van der Waals surface area contributed by atoms with E-state index >= 15 is 0 Å². The average Bonchev–Trinajstić information content (AvgIpc) is 2.76. The smallest absolute Gasteiger partial charge is 0.226 e. The molecule has 4 heteroatoms. The molecule has 0 spiro atoms. The number of hydrogen-bond acceptors (Lipinski definition) is 3. The highest BCUT2D eigenvalue weighted by Gasteiger charge is 2.37. The number of carbonyl (C=O) groups excluding carboxylic acids is 1. The van der Waals surface area contributed by atoms with Gasteiger partial charge in [0, 0.05) is 19.0 Å². The first-order valence-corrected chi connectivity index (χ1v) is 6.75. The monoisotopic (exact) mass is 240 g/mol. The molecule has 0 radical (unpaired) electrons. The molecule has 1 aliphatic heterocycles. The van der Waals surface area contributed by atoms with Crippen LogP contribution >= 0.6 is 0 Å². The van der Waals surface area contributed by atoms with Crippen LogP contribution in [0.1, 0.15) is 39.0 Å². The summed E-state index contributed by atoms with van der Waals surface area (Å²) in [5.41, 5.74) is 5.14. The molecular weight excluding hydrogens is 216 g/mol. The van der Waals surface area contributed by atoms with E-state index in [1.54, 1.807) is 0 Å². The minimum Gasteiger partial charge on any atom is -0.390 e. The molecule has 2 fully saturated rings. The van der Waals surface area contributed by atoms with E-state index in [1.165, 1.54) is 0 Å². The predicted octanol–water partition coefficient (Wildman–Crippen LogP) is 0.735. The highest BCUT2D eigenvalue weighted by molar-refractivity contribution is 5.79. The molecular formula is C13H24N2O2. The molecule has 0 bridgehead atoms. The highest BCUT2D eigenvalue weighted by atomic mass is 16.3. The molecule has 1 saturated carbocycles. The van der Waals surface area contributed by atoms with Crippen molar-refractivity contribution in [2.24, 2.45) is 17.6 Å². The Morgan fingerprint density at radius 1 is 1.41 bits per heavy atom. The van der Waals surface area contributed by atoms with Crippen LogP contribution in [-0.4, -0.2) is 41.1 Å². The van der Waals surface area contributed by atoms with Gasteiger partial charge in [-0.2, -0.15) is 0 Å². The van der Waals surface area contributed by atoms with E-state index in [1.807, 2.05) is 11.8 Å². The Labute approximate surface area is 103 Å². The second-order valence-corrected chi connectivity index (χ2v) is 5.86. The number of nitrogens with zero attached hydrogens (tertiary/aromatic N) is 1. The zero-order valence-electron chi connectivity index (χ0n) is 10.7. The average molecular weight is 240 g/mol. The van der Waals surface area contributed by atoms with E-state index in [0.29, 0.717) is 38.4 Å². The minimum atomic E-state index is -0.584. The molecule has 1 saturated heterocycles. The summed E-state index contributed by atoms with van der Waals surface area (Å²) in [5.74, 6) is 0.793. The molecule has 3 N–H and O–H groups in total. The van der Waals surface area contributed by atoms with Gasteiger partial charge in [-0.25, -0.2) is 0 Å². The van der Waals surface area contributed by atoms with Gasteiger partial charge in [0.15, 0.2) is 0 Å². The first-order chi connectivity index (χ1) is 8.03. The number of aliphatic hydroxyl groups is 1. The first kappa shape index (κ1) is 12.8. The Hall–Kier alpha value is -0.610. The van der Waals surface area contributed by atoms with E-state index in [2.05, 4.69) is 0 Å². The molecule has 0 aromatic heterocycles. The van der Waals surface area contributed by atoms with Gasteiger partial charge in [0.2, 0.25) is 5.91 Å². The third-order valence-corrected chi connectivity index (χ3v) is 4.43. The van der Waals surface area contributed by atoms with Gasteiger partial charge in [-0.1, -0.05) is 6.42 Å². The highest BCUT2D eigenvalue weighted by Crippen LogP contribution is 2.33. The summed E-state index contributed by atoms with van der Waals surface area (Å²) in [7, 11) is 0. The van der Waals surface area contributed by atoms with Gasteiger partial charge < -0.3 is 15.7 Å². The minimum absolute atomic E-state index is 0.142. The van der Waals surface area contributed by atoms with Gasteiger partial charge in [0.05, 0.1) is 5.60 Å². The number of hydrogen-bond donors (Lipinski definition) is 2. The van der Waals surface area contributed by atoms with Crippen LogP contribution in [-0.2, 0) is 4.79 Å². The van der Waals surface area contributed by atoms with Crippen LogP contribution in [0.3, 0.4) is 0 Å². The molecule has 2 atom stereocenters.